The molecule has 3 rings (SSSR count). The van der Waals surface area contributed by atoms with Crippen LogP contribution in [0.4, 0.5) is 0 Å². The molecule has 2 aromatic rings. The number of carbonyl (C=O) groups is 2. The highest BCUT2D eigenvalue weighted by atomic mass is 35.5. The van der Waals surface area contributed by atoms with Gasteiger partial charge in [-0.25, -0.2) is 0 Å². The van der Waals surface area contributed by atoms with Crippen LogP contribution in [0.1, 0.15) is 34.3 Å². The molecule has 0 aromatic heterocycles. The number of amides is 1. The van der Waals surface area contributed by atoms with Crippen molar-refractivity contribution in [1.82, 2.24) is 4.90 Å². The van der Waals surface area contributed by atoms with Crippen molar-refractivity contribution in [2.24, 2.45) is 5.92 Å². The smallest absolute Gasteiger partial charge is 0.308 e. The van der Waals surface area contributed by atoms with Gasteiger partial charge >= 0.3 is 5.97 Å². The Kier molecular flexibility index (Phi) is 5.09. The van der Waals surface area contributed by atoms with E-state index in [0.717, 1.165) is 17.5 Å². The third-order valence-electron chi connectivity index (χ3n) is 4.85. The molecule has 1 fully saturated rings. The highest BCUT2D eigenvalue weighted by Crippen LogP contribution is 2.34. The molecule has 4 nitrogen and oxygen atoms in total. The Morgan fingerprint density at radius 1 is 1.12 bits per heavy atom. The summed E-state index contributed by atoms with van der Waals surface area (Å²) in [6.07, 6.45) is 0.763. The molecule has 0 spiro atoms. The van der Waals surface area contributed by atoms with Crippen LogP contribution in [0, 0.1) is 5.92 Å². The van der Waals surface area contributed by atoms with E-state index in [-0.39, 0.29) is 18.4 Å². The Balaban J connectivity index is 1.88. The zero-order chi connectivity index (χ0) is 18.0. The molecule has 2 aromatic carbocycles. The fourth-order valence-corrected chi connectivity index (χ4v) is 3.60. The first-order chi connectivity index (χ1) is 12.0. The summed E-state index contributed by atoms with van der Waals surface area (Å²) < 4.78 is 0. The molecular formula is C20H20ClNO3. The Morgan fingerprint density at radius 3 is 2.44 bits per heavy atom. The van der Waals surface area contributed by atoms with Crippen LogP contribution in [-0.4, -0.2) is 35.0 Å². The number of benzene rings is 2. The van der Waals surface area contributed by atoms with E-state index in [1.54, 1.807) is 17.0 Å². The molecule has 0 aliphatic carbocycles. The molecule has 0 radical (unpaired) electrons. The first kappa shape index (κ1) is 17.5. The summed E-state index contributed by atoms with van der Waals surface area (Å²) in [6.45, 7) is 2.63. The average Bonchev–Trinajstić information content (AvgIpc) is 3.07. The second kappa shape index (κ2) is 7.28. The zero-order valence-corrected chi connectivity index (χ0v) is 14.7. The van der Waals surface area contributed by atoms with Crippen LogP contribution in [0.3, 0.4) is 0 Å². The number of aliphatic carboxylic acids is 1. The van der Waals surface area contributed by atoms with Crippen LogP contribution in [0.5, 0.6) is 0 Å². The van der Waals surface area contributed by atoms with E-state index in [1.807, 2.05) is 43.3 Å². The summed E-state index contributed by atoms with van der Waals surface area (Å²) in [5.41, 5.74) is 2.54. The van der Waals surface area contributed by atoms with Gasteiger partial charge in [0.25, 0.3) is 5.91 Å². The topological polar surface area (TPSA) is 57.6 Å². The largest absolute Gasteiger partial charge is 0.481 e. The SMILES string of the molecule is CCc1ccccc1C(=O)N1C[C@@H](C(=O)O)[C@H](c2ccc(Cl)cc2)C1. The molecule has 1 saturated heterocycles. The lowest BCUT2D eigenvalue weighted by molar-refractivity contribution is -0.141. The predicted octanol–water partition coefficient (Wildman–Crippen LogP) is 3.84. The van der Waals surface area contributed by atoms with Crippen LogP contribution >= 0.6 is 11.6 Å². The van der Waals surface area contributed by atoms with Crippen LogP contribution in [0.15, 0.2) is 48.5 Å². The summed E-state index contributed by atoms with van der Waals surface area (Å²) in [4.78, 5) is 26.3. The van der Waals surface area contributed by atoms with Crippen molar-refractivity contribution < 1.29 is 14.7 Å². The minimum atomic E-state index is -0.876. The molecular weight excluding hydrogens is 338 g/mol. The molecule has 25 heavy (non-hydrogen) atoms. The molecule has 130 valence electrons. The Morgan fingerprint density at radius 2 is 1.80 bits per heavy atom. The number of hydrogen-bond donors (Lipinski definition) is 1. The van der Waals surface area contributed by atoms with Crippen molar-refractivity contribution in [3.8, 4) is 0 Å². The van der Waals surface area contributed by atoms with Crippen molar-refractivity contribution >= 4 is 23.5 Å². The maximum absolute atomic E-state index is 12.9. The second-order valence-electron chi connectivity index (χ2n) is 6.32. The van der Waals surface area contributed by atoms with Crippen molar-refractivity contribution in [2.45, 2.75) is 19.3 Å². The van der Waals surface area contributed by atoms with Gasteiger partial charge in [-0.3, -0.25) is 9.59 Å². The number of carboxylic acid groups (broad SMARTS) is 1. The fraction of sp³-hybridized carbons (Fsp3) is 0.300. The lowest BCUT2D eigenvalue weighted by atomic mass is 9.89. The molecule has 1 amide bonds. The van der Waals surface area contributed by atoms with Crippen LogP contribution in [0.2, 0.25) is 5.02 Å². The van der Waals surface area contributed by atoms with Crippen molar-refractivity contribution in [2.75, 3.05) is 13.1 Å². The summed E-state index contributed by atoms with van der Waals surface area (Å²) in [7, 11) is 0. The maximum atomic E-state index is 12.9. The molecule has 5 heteroatoms. The first-order valence-electron chi connectivity index (χ1n) is 8.36. The van der Waals surface area contributed by atoms with E-state index < -0.39 is 11.9 Å². The maximum Gasteiger partial charge on any atom is 0.308 e. The number of likely N-dealkylation sites (tertiary alicyclic amines) is 1. The second-order valence-corrected chi connectivity index (χ2v) is 6.76. The van der Waals surface area contributed by atoms with Gasteiger partial charge in [-0.1, -0.05) is 48.9 Å². The Bertz CT molecular complexity index is 788. The highest BCUT2D eigenvalue weighted by Gasteiger charge is 2.40. The van der Waals surface area contributed by atoms with E-state index in [0.29, 0.717) is 17.1 Å². The quantitative estimate of drug-likeness (QED) is 0.904. The van der Waals surface area contributed by atoms with Gasteiger partial charge in [0.05, 0.1) is 5.92 Å². The van der Waals surface area contributed by atoms with Gasteiger partial charge in [0, 0.05) is 29.6 Å². The molecule has 1 heterocycles. The Hall–Kier alpha value is -2.33. The number of hydrogen-bond acceptors (Lipinski definition) is 2. The van der Waals surface area contributed by atoms with Gasteiger partial charge in [-0.05, 0) is 35.7 Å². The third kappa shape index (κ3) is 3.54. The number of carboxylic acids is 1. The number of nitrogens with zero attached hydrogens (tertiary/aromatic N) is 1. The molecule has 1 N–H and O–H groups in total. The lowest BCUT2D eigenvalue weighted by Gasteiger charge is -2.18. The lowest BCUT2D eigenvalue weighted by Crippen LogP contribution is -2.30. The standard InChI is InChI=1S/C20H20ClNO3/c1-2-13-5-3-4-6-16(13)19(23)22-11-17(18(12-22)20(24)25)14-7-9-15(21)10-8-14/h3-10,17-18H,2,11-12H2,1H3,(H,24,25)/t17-,18+/m0/s1. The molecule has 1 aliphatic heterocycles. The Labute approximate surface area is 152 Å². The number of carbonyl (C=O) groups excluding carboxylic acids is 1. The molecule has 0 saturated carbocycles. The van der Waals surface area contributed by atoms with E-state index in [1.165, 1.54) is 0 Å². The fourth-order valence-electron chi connectivity index (χ4n) is 3.48. The number of halogens is 1. The van der Waals surface area contributed by atoms with Gasteiger partial charge in [0.15, 0.2) is 0 Å². The third-order valence-corrected chi connectivity index (χ3v) is 5.10. The van der Waals surface area contributed by atoms with E-state index in [2.05, 4.69) is 0 Å². The van der Waals surface area contributed by atoms with Crippen molar-refractivity contribution in [3.05, 3.63) is 70.2 Å². The predicted molar refractivity (Wildman–Crippen MR) is 97.0 cm³/mol. The average molecular weight is 358 g/mol. The van der Waals surface area contributed by atoms with Gasteiger partial charge in [0.2, 0.25) is 0 Å². The zero-order valence-electron chi connectivity index (χ0n) is 14.0. The van der Waals surface area contributed by atoms with Gasteiger partial charge < -0.3 is 10.0 Å². The molecule has 0 unspecified atom stereocenters. The van der Waals surface area contributed by atoms with Gasteiger partial charge in [-0.2, -0.15) is 0 Å². The summed E-state index contributed by atoms with van der Waals surface area (Å²) in [5.74, 6) is -1.81. The van der Waals surface area contributed by atoms with Crippen LogP contribution in [0.25, 0.3) is 0 Å². The molecule has 1 aliphatic rings. The first-order valence-corrected chi connectivity index (χ1v) is 8.74. The normalized spacial score (nSPS) is 19.8. The van der Waals surface area contributed by atoms with Gasteiger partial charge in [-0.15, -0.1) is 0 Å². The summed E-state index contributed by atoms with van der Waals surface area (Å²) in [6, 6.07) is 14.7. The minimum Gasteiger partial charge on any atom is -0.481 e. The van der Waals surface area contributed by atoms with Crippen LogP contribution < -0.4 is 0 Å². The van der Waals surface area contributed by atoms with E-state index in [4.69, 9.17) is 11.6 Å². The summed E-state index contributed by atoms with van der Waals surface area (Å²) in [5, 5.41) is 10.2. The minimum absolute atomic E-state index is 0.0971. The van der Waals surface area contributed by atoms with E-state index >= 15 is 0 Å². The van der Waals surface area contributed by atoms with Gasteiger partial charge in [0.1, 0.15) is 0 Å². The monoisotopic (exact) mass is 357 g/mol. The number of aryl methyl sites for hydroxylation is 1. The van der Waals surface area contributed by atoms with Crippen molar-refractivity contribution in [1.29, 1.82) is 0 Å². The van der Waals surface area contributed by atoms with E-state index in [9.17, 15) is 14.7 Å². The highest BCUT2D eigenvalue weighted by molar-refractivity contribution is 6.30. The summed E-state index contributed by atoms with van der Waals surface area (Å²) >= 11 is 5.93. The molecule has 2 atom stereocenters. The van der Waals surface area contributed by atoms with Crippen LogP contribution in [-0.2, 0) is 11.2 Å². The molecule has 0 bridgehead atoms. The number of rotatable bonds is 4. The van der Waals surface area contributed by atoms with Crippen molar-refractivity contribution in [3.63, 3.8) is 0 Å².